The topological polar surface area (TPSA) is 101 Å². The monoisotopic (exact) mass is 385 g/mol. The summed E-state index contributed by atoms with van der Waals surface area (Å²) in [5.74, 6) is -1.18. The molecule has 7 nitrogen and oxygen atoms in total. The van der Waals surface area contributed by atoms with Crippen LogP contribution in [0, 0.1) is 0 Å². The number of anilines is 1. The molecule has 140 valence electrons. The van der Waals surface area contributed by atoms with Crippen molar-refractivity contribution in [2.45, 2.75) is 24.8 Å². The number of aromatic nitrogens is 2. The van der Waals surface area contributed by atoms with E-state index in [4.69, 9.17) is 5.11 Å². The van der Waals surface area contributed by atoms with Crippen LogP contribution in [-0.4, -0.2) is 29.3 Å². The zero-order valence-electron chi connectivity index (χ0n) is 14.7. The molecular formula is C19H19N3O4S. The van der Waals surface area contributed by atoms with Crippen molar-refractivity contribution in [1.82, 2.24) is 9.78 Å². The molecule has 1 aromatic heterocycles. The van der Waals surface area contributed by atoms with Crippen LogP contribution in [0.15, 0.2) is 65.8 Å². The zero-order valence-corrected chi connectivity index (χ0v) is 15.5. The molecule has 0 saturated heterocycles. The molecule has 0 saturated carbocycles. The van der Waals surface area contributed by atoms with Crippen LogP contribution in [-0.2, 0) is 23.0 Å². The van der Waals surface area contributed by atoms with Crippen molar-refractivity contribution in [1.29, 1.82) is 0 Å². The normalized spacial score (nSPS) is 11.3. The van der Waals surface area contributed by atoms with Crippen LogP contribution in [0.3, 0.4) is 0 Å². The highest BCUT2D eigenvalue weighted by molar-refractivity contribution is 7.92. The molecule has 0 unspecified atom stereocenters. The Morgan fingerprint density at radius 2 is 1.93 bits per heavy atom. The third-order valence-electron chi connectivity index (χ3n) is 4.06. The van der Waals surface area contributed by atoms with Gasteiger partial charge in [-0.2, -0.15) is 5.10 Å². The SMILES string of the molecule is CCc1ccc(C(=O)O)cc1S(=O)(=O)Nc1cnn(Cc2ccccc2)c1. The molecular weight excluding hydrogens is 366 g/mol. The van der Waals surface area contributed by atoms with E-state index in [-0.39, 0.29) is 10.5 Å². The number of nitrogens with one attached hydrogen (secondary N) is 1. The number of nitrogens with zero attached hydrogens (tertiary/aromatic N) is 2. The molecule has 8 heteroatoms. The Labute approximate surface area is 157 Å². The fourth-order valence-electron chi connectivity index (χ4n) is 2.71. The van der Waals surface area contributed by atoms with Gasteiger partial charge in [-0.1, -0.05) is 43.3 Å². The first-order chi connectivity index (χ1) is 12.9. The number of carboxylic acids is 1. The molecule has 0 amide bonds. The largest absolute Gasteiger partial charge is 0.478 e. The van der Waals surface area contributed by atoms with E-state index in [1.807, 2.05) is 37.3 Å². The lowest BCUT2D eigenvalue weighted by Gasteiger charge is -2.11. The third kappa shape index (κ3) is 4.35. The van der Waals surface area contributed by atoms with Crippen LogP contribution in [0.5, 0.6) is 0 Å². The Morgan fingerprint density at radius 1 is 1.19 bits per heavy atom. The van der Waals surface area contributed by atoms with Crippen LogP contribution in [0.25, 0.3) is 0 Å². The minimum atomic E-state index is -3.94. The van der Waals surface area contributed by atoms with Gasteiger partial charge in [0.2, 0.25) is 0 Å². The maximum Gasteiger partial charge on any atom is 0.335 e. The molecule has 0 aliphatic rings. The fourth-order valence-corrected chi connectivity index (χ4v) is 4.08. The molecule has 27 heavy (non-hydrogen) atoms. The van der Waals surface area contributed by atoms with Crippen molar-refractivity contribution < 1.29 is 18.3 Å². The number of hydrogen-bond donors (Lipinski definition) is 2. The summed E-state index contributed by atoms with van der Waals surface area (Å²) in [6.07, 6.45) is 3.48. The van der Waals surface area contributed by atoms with Crippen LogP contribution >= 0.6 is 0 Å². The molecule has 0 fully saturated rings. The fraction of sp³-hybridized carbons (Fsp3) is 0.158. The van der Waals surface area contributed by atoms with Crippen molar-refractivity contribution in [3.8, 4) is 0 Å². The Bertz CT molecular complexity index is 1060. The highest BCUT2D eigenvalue weighted by Crippen LogP contribution is 2.22. The Morgan fingerprint density at radius 3 is 2.59 bits per heavy atom. The smallest absolute Gasteiger partial charge is 0.335 e. The first-order valence-corrected chi connectivity index (χ1v) is 9.83. The maximum absolute atomic E-state index is 12.8. The summed E-state index contributed by atoms with van der Waals surface area (Å²) in [5.41, 5.74) is 1.82. The molecule has 3 rings (SSSR count). The van der Waals surface area contributed by atoms with E-state index in [1.165, 1.54) is 24.4 Å². The van der Waals surface area contributed by atoms with Gasteiger partial charge in [-0.25, -0.2) is 13.2 Å². The second kappa shape index (κ2) is 7.63. The molecule has 0 atom stereocenters. The van der Waals surface area contributed by atoms with Crippen LogP contribution in [0.2, 0.25) is 0 Å². The van der Waals surface area contributed by atoms with Crippen molar-refractivity contribution in [3.05, 3.63) is 77.6 Å². The number of rotatable bonds is 7. The minimum Gasteiger partial charge on any atom is -0.478 e. The summed E-state index contributed by atoms with van der Waals surface area (Å²) in [4.78, 5) is 11.1. The van der Waals surface area contributed by atoms with E-state index >= 15 is 0 Å². The van der Waals surface area contributed by atoms with Gasteiger partial charge in [-0.3, -0.25) is 9.40 Å². The average Bonchev–Trinajstić information content (AvgIpc) is 3.08. The lowest BCUT2D eigenvalue weighted by Crippen LogP contribution is -2.15. The van der Waals surface area contributed by atoms with Crippen LogP contribution in [0.1, 0.15) is 28.4 Å². The lowest BCUT2D eigenvalue weighted by molar-refractivity contribution is 0.0696. The maximum atomic E-state index is 12.8. The van der Waals surface area contributed by atoms with Gasteiger partial charge in [0.05, 0.1) is 28.9 Å². The van der Waals surface area contributed by atoms with E-state index in [0.29, 0.717) is 24.2 Å². The number of carbonyl (C=O) groups is 1. The third-order valence-corrected chi connectivity index (χ3v) is 5.52. The molecule has 2 aromatic carbocycles. The van der Waals surface area contributed by atoms with Crippen molar-refractivity contribution in [3.63, 3.8) is 0 Å². The van der Waals surface area contributed by atoms with Gasteiger partial charge >= 0.3 is 5.97 Å². The first kappa shape index (κ1) is 18.7. The number of sulfonamides is 1. The average molecular weight is 385 g/mol. The Balaban J connectivity index is 1.85. The molecule has 0 spiro atoms. The molecule has 0 aliphatic heterocycles. The van der Waals surface area contributed by atoms with Gasteiger partial charge in [0.1, 0.15) is 0 Å². The summed E-state index contributed by atoms with van der Waals surface area (Å²) < 4.78 is 29.7. The van der Waals surface area contributed by atoms with Crippen molar-refractivity contribution in [2.75, 3.05) is 4.72 Å². The summed E-state index contributed by atoms with van der Waals surface area (Å²) >= 11 is 0. The Hall–Kier alpha value is -3.13. The first-order valence-electron chi connectivity index (χ1n) is 8.34. The van der Waals surface area contributed by atoms with E-state index in [1.54, 1.807) is 10.9 Å². The Kier molecular flexibility index (Phi) is 5.27. The quantitative estimate of drug-likeness (QED) is 0.651. The van der Waals surface area contributed by atoms with Gasteiger partial charge in [0.15, 0.2) is 0 Å². The van der Waals surface area contributed by atoms with Crippen LogP contribution in [0.4, 0.5) is 5.69 Å². The highest BCUT2D eigenvalue weighted by atomic mass is 32.2. The summed E-state index contributed by atoms with van der Waals surface area (Å²) in [5, 5.41) is 13.3. The van der Waals surface area contributed by atoms with Crippen molar-refractivity contribution >= 4 is 21.7 Å². The highest BCUT2D eigenvalue weighted by Gasteiger charge is 2.21. The predicted octanol–water partition coefficient (Wildman–Crippen LogP) is 2.99. The molecule has 0 aliphatic carbocycles. The second-order valence-electron chi connectivity index (χ2n) is 6.00. The van der Waals surface area contributed by atoms with Gasteiger partial charge in [0, 0.05) is 6.20 Å². The number of carboxylic acid groups (broad SMARTS) is 1. The predicted molar refractivity (Wildman–Crippen MR) is 101 cm³/mol. The van der Waals surface area contributed by atoms with Gasteiger partial charge in [0.25, 0.3) is 10.0 Å². The van der Waals surface area contributed by atoms with E-state index in [9.17, 15) is 13.2 Å². The summed E-state index contributed by atoms with van der Waals surface area (Å²) in [6.45, 7) is 2.32. The van der Waals surface area contributed by atoms with Gasteiger partial charge < -0.3 is 5.11 Å². The van der Waals surface area contributed by atoms with E-state index in [0.717, 1.165) is 5.56 Å². The minimum absolute atomic E-state index is 0.0410. The van der Waals surface area contributed by atoms with Gasteiger partial charge in [-0.05, 0) is 29.7 Å². The molecule has 2 N–H and O–H groups in total. The molecule has 3 aromatic rings. The number of aryl methyl sites for hydroxylation is 1. The number of aromatic carboxylic acids is 1. The van der Waals surface area contributed by atoms with E-state index < -0.39 is 16.0 Å². The number of hydrogen-bond acceptors (Lipinski definition) is 4. The molecule has 0 radical (unpaired) electrons. The van der Waals surface area contributed by atoms with E-state index in [2.05, 4.69) is 9.82 Å². The van der Waals surface area contributed by atoms with Crippen molar-refractivity contribution in [2.24, 2.45) is 0 Å². The second-order valence-corrected chi connectivity index (χ2v) is 7.65. The molecule has 1 heterocycles. The summed E-state index contributed by atoms with van der Waals surface area (Å²) in [7, 11) is -3.94. The number of benzene rings is 2. The lowest BCUT2D eigenvalue weighted by atomic mass is 10.1. The van der Waals surface area contributed by atoms with Crippen LogP contribution < -0.4 is 4.72 Å². The standard InChI is InChI=1S/C19H19N3O4S/c1-2-15-8-9-16(19(23)24)10-18(15)27(25,26)21-17-11-20-22(13-17)12-14-6-4-3-5-7-14/h3-11,13,21H,2,12H2,1H3,(H,23,24). The molecule has 0 bridgehead atoms. The zero-order chi connectivity index (χ0) is 19.4. The summed E-state index contributed by atoms with van der Waals surface area (Å²) in [6, 6.07) is 13.8. The van der Waals surface area contributed by atoms with Gasteiger partial charge in [-0.15, -0.1) is 0 Å².